The van der Waals surface area contributed by atoms with Crippen molar-refractivity contribution >= 4 is 52.1 Å². The van der Waals surface area contributed by atoms with Gasteiger partial charge in [-0.25, -0.2) is 14.6 Å². The van der Waals surface area contributed by atoms with Crippen LogP contribution in [0.25, 0.3) is 11.3 Å². The summed E-state index contributed by atoms with van der Waals surface area (Å²) in [6, 6.07) is 22.1. The second-order valence-corrected chi connectivity index (χ2v) is 12.4. The third kappa shape index (κ3) is 6.76. The molecule has 1 aliphatic heterocycles. The third-order valence-electron chi connectivity index (χ3n) is 7.23. The summed E-state index contributed by atoms with van der Waals surface area (Å²) >= 11 is 2.60. The highest BCUT2D eigenvalue weighted by Crippen LogP contribution is 2.42. The summed E-state index contributed by atoms with van der Waals surface area (Å²) in [5, 5.41) is 16.8. The fourth-order valence-corrected chi connectivity index (χ4v) is 6.88. The standard InChI is InChI=1S/C32H28N4O6S2/c37-27(33-24-13-14-24)21-11-9-20(10-12-21)25-17-44-31(34-25)35-28(38)26-18-43-29(22-7-4-8-23(15-22)30(39)40)36(26)32(41)42-16-19-5-2-1-3-6-19/h1-12,15,17,24,26,29H,13-14,16,18H2,(H,33,37)(H,39,40)(H,34,35,38)/t26-,29?/m0/s1. The van der Waals surface area contributed by atoms with Crippen molar-refractivity contribution < 1.29 is 29.0 Å². The zero-order valence-electron chi connectivity index (χ0n) is 23.3. The number of carboxylic acid groups (broad SMARTS) is 1. The number of aromatic carboxylic acids is 1. The molecule has 2 heterocycles. The molecule has 0 bridgehead atoms. The van der Waals surface area contributed by atoms with E-state index < -0.39 is 29.4 Å². The van der Waals surface area contributed by atoms with Gasteiger partial charge in [-0.05, 0) is 48.2 Å². The van der Waals surface area contributed by atoms with Crippen molar-refractivity contribution in [2.75, 3.05) is 11.1 Å². The number of carboxylic acids is 1. The van der Waals surface area contributed by atoms with Crippen LogP contribution >= 0.6 is 23.1 Å². The monoisotopic (exact) mass is 628 g/mol. The second-order valence-electron chi connectivity index (χ2n) is 10.4. The van der Waals surface area contributed by atoms with E-state index in [0.29, 0.717) is 22.0 Å². The molecule has 44 heavy (non-hydrogen) atoms. The minimum absolute atomic E-state index is 0.0218. The van der Waals surface area contributed by atoms with E-state index in [4.69, 9.17) is 4.74 Å². The number of thioether (sulfide) groups is 1. The molecule has 0 spiro atoms. The molecule has 1 aromatic heterocycles. The number of hydrogen-bond donors (Lipinski definition) is 3. The Labute approximate surface area is 261 Å². The van der Waals surface area contributed by atoms with E-state index in [1.807, 2.05) is 47.8 Å². The van der Waals surface area contributed by atoms with Crippen LogP contribution in [0.1, 0.15) is 50.1 Å². The molecule has 0 radical (unpaired) electrons. The van der Waals surface area contributed by atoms with Gasteiger partial charge in [0.25, 0.3) is 5.91 Å². The van der Waals surface area contributed by atoms with Gasteiger partial charge in [-0.2, -0.15) is 0 Å². The van der Waals surface area contributed by atoms with Crippen LogP contribution in [0.3, 0.4) is 0 Å². The highest BCUT2D eigenvalue weighted by atomic mass is 32.2. The average molecular weight is 629 g/mol. The highest BCUT2D eigenvalue weighted by molar-refractivity contribution is 7.99. The van der Waals surface area contributed by atoms with Crippen LogP contribution in [0.2, 0.25) is 0 Å². The van der Waals surface area contributed by atoms with E-state index in [9.17, 15) is 24.3 Å². The molecule has 1 saturated heterocycles. The lowest BCUT2D eigenvalue weighted by Gasteiger charge is -2.28. The summed E-state index contributed by atoms with van der Waals surface area (Å²) in [6.07, 6.45) is 1.35. The van der Waals surface area contributed by atoms with E-state index in [2.05, 4.69) is 15.6 Å². The molecule has 3 aromatic carbocycles. The van der Waals surface area contributed by atoms with E-state index in [-0.39, 0.29) is 29.9 Å². The number of aromatic nitrogens is 1. The number of anilines is 1. The largest absolute Gasteiger partial charge is 0.478 e. The van der Waals surface area contributed by atoms with Gasteiger partial charge in [0, 0.05) is 28.3 Å². The maximum atomic E-state index is 13.6. The van der Waals surface area contributed by atoms with Gasteiger partial charge in [-0.1, -0.05) is 54.6 Å². The van der Waals surface area contributed by atoms with Crippen molar-refractivity contribution in [1.82, 2.24) is 15.2 Å². The smallest absolute Gasteiger partial charge is 0.412 e. The number of benzene rings is 3. The number of nitrogens with zero attached hydrogens (tertiary/aromatic N) is 2. The predicted molar refractivity (Wildman–Crippen MR) is 168 cm³/mol. The number of thiazole rings is 1. The van der Waals surface area contributed by atoms with E-state index in [1.54, 1.807) is 24.3 Å². The number of amides is 3. The number of hydrogen-bond acceptors (Lipinski definition) is 8. The molecular formula is C32H28N4O6S2. The Hall–Kier alpha value is -4.68. The Bertz CT molecular complexity index is 1690. The van der Waals surface area contributed by atoms with Crippen LogP contribution in [-0.2, 0) is 16.1 Å². The number of rotatable bonds is 9. The second kappa shape index (κ2) is 12.9. The van der Waals surface area contributed by atoms with Gasteiger partial charge in [0.15, 0.2) is 5.13 Å². The summed E-state index contributed by atoms with van der Waals surface area (Å²) < 4.78 is 5.62. The Balaban J connectivity index is 1.17. The normalized spacial score (nSPS) is 17.6. The molecular weight excluding hydrogens is 601 g/mol. The van der Waals surface area contributed by atoms with Crippen LogP contribution in [0.4, 0.5) is 9.93 Å². The van der Waals surface area contributed by atoms with Crippen molar-refractivity contribution in [3.8, 4) is 11.3 Å². The van der Waals surface area contributed by atoms with Gasteiger partial charge in [-0.15, -0.1) is 23.1 Å². The SMILES string of the molecule is O=C(O)c1cccc(C2SC[C@@H](C(=O)Nc3nc(-c4ccc(C(=O)NC5CC5)cc4)cs3)N2C(=O)OCc2ccccc2)c1. The van der Waals surface area contributed by atoms with Gasteiger partial charge in [0.1, 0.15) is 18.0 Å². The minimum Gasteiger partial charge on any atom is -0.478 e. The van der Waals surface area contributed by atoms with Crippen LogP contribution in [0, 0.1) is 0 Å². The van der Waals surface area contributed by atoms with E-state index >= 15 is 0 Å². The van der Waals surface area contributed by atoms with Crippen molar-refractivity contribution in [3.05, 3.63) is 106 Å². The summed E-state index contributed by atoms with van der Waals surface area (Å²) in [6.45, 7) is 0.0218. The Kier molecular flexibility index (Phi) is 8.62. The molecule has 3 amide bonds. The molecule has 2 aliphatic rings. The van der Waals surface area contributed by atoms with Gasteiger partial charge in [0.05, 0.1) is 11.3 Å². The number of carbonyl (C=O) groups is 4. The van der Waals surface area contributed by atoms with Crippen molar-refractivity contribution in [3.63, 3.8) is 0 Å². The Morgan fingerprint density at radius 2 is 1.73 bits per heavy atom. The van der Waals surface area contributed by atoms with Gasteiger partial charge in [0.2, 0.25) is 5.91 Å². The maximum Gasteiger partial charge on any atom is 0.412 e. The molecule has 3 N–H and O–H groups in total. The fourth-order valence-electron chi connectivity index (χ4n) is 4.75. The minimum atomic E-state index is -1.09. The molecule has 224 valence electrons. The number of ether oxygens (including phenoxy) is 1. The number of carbonyl (C=O) groups excluding carboxylic acids is 3. The first-order valence-electron chi connectivity index (χ1n) is 14.0. The van der Waals surface area contributed by atoms with Crippen LogP contribution in [0.15, 0.2) is 84.2 Å². The molecule has 6 rings (SSSR count). The van der Waals surface area contributed by atoms with E-state index in [0.717, 1.165) is 24.0 Å². The lowest BCUT2D eigenvalue weighted by molar-refractivity contribution is -0.120. The lowest BCUT2D eigenvalue weighted by Crippen LogP contribution is -2.45. The Morgan fingerprint density at radius 1 is 0.955 bits per heavy atom. The molecule has 10 nitrogen and oxygen atoms in total. The van der Waals surface area contributed by atoms with Crippen molar-refractivity contribution in [2.45, 2.75) is 36.9 Å². The average Bonchev–Trinajstić information content (AvgIpc) is 3.54. The first-order valence-corrected chi connectivity index (χ1v) is 15.9. The van der Waals surface area contributed by atoms with Crippen LogP contribution in [0.5, 0.6) is 0 Å². The number of nitrogens with one attached hydrogen (secondary N) is 2. The quantitative estimate of drug-likeness (QED) is 0.212. The van der Waals surface area contributed by atoms with Gasteiger partial charge in [-0.3, -0.25) is 14.5 Å². The third-order valence-corrected chi connectivity index (χ3v) is 9.31. The van der Waals surface area contributed by atoms with Gasteiger partial charge < -0.3 is 20.5 Å². The molecule has 1 saturated carbocycles. The summed E-state index contributed by atoms with van der Waals surface area (Å²) in [7, 11) is 0. The topological polar surface area (TPSA) is 138 Å². The van der Waals surface area contributed by atoms with Crippen molar-refractivity contribution in [1.29, 1.82) is 0 Å². The summed E-state index contributed by atoms with van der Waals surface area (Å²) in [4.78, 5) is 56.9. The first kappa shape index (κ1) is 29.4. The molecule has 2 atom stereocenters. The lowest BCUT2D eigenvalue weighted by atomic mass is 10.1. The summed E-state index contributed by atoms with van der Waals surface area (Å²) in [5.74, 6) is -1.34. The Morgan fingerprint density at radius 3 is 2.45 bits per heavy atom. The zero-order chi connectivity index (χ0) is 30.6. The molecule has 1 unspecified atom stereocenters. The van der Waals surface area contributed by atoms with Crippen molar-refractivity contribution in [2.24, 2.45) is 0 Å². The molecule has 12 heteroatoms. The predicted octanol–water partition coefficient (Wildman–Crippen LogP) is 5.79. The maximum absolute atomic E-state index is 13.6. The van der Waals surface area contributed by atoms with Gasteiger partial charge >= 0.3 is 12.1 Å². The molecule has 4 aromatic rings. The summed E-state index contributed by atoms with van der Waals surface area (Å²) in [5.41, 5.74) is 3.47. The van der Waals surface area contributed by atoms with Crippen LogP contribution < -0.4 is 10.6 Å². The molecule has 2 fully saturated rings. The van der Waals surface area contributed by atoms with Crippen LogP contribution in [-0.4, -0.2) is 56.7 Å². The fraction of sp³-hybridized carbons (Fsp3) is 0.219. The zero-order valence-corrected chi connectivity index (χ0v) is 25.0. The highest BCUT2D eigenvalue weighted by Gasteiger charge is 2.43. The van der Waals surface area contributed by atoms with E-state index in [1.165, 1.54) is 40.1 Å². The first-order chi connectivity index (χ1) is 21.4. The molecule has 1 aliphatic carbocycles.